The fourth-order valence-corrected chi connectivity index (χ4v) is 3.54. The highest BCUT2D eigenvalue weighted by molar-refractivity contribution is 5.74. The Labute approximate surface area is 150 Å². The topological polar surface area (TPSA) is 48.1 Å². The van der Waals surface area contributed by atoms with Crippen molar-refractivity contribution in [1.82, 2.24) is 10.2 Å². The molecule has 1 aromatic carbocycles. The van der Waals surface area contributed by atoms with Gasteiger partial charge < -0.3 is 24.8 Å². The third kappa shape index (κ3) is 4.78. The summed E-state index contributed by atoms with van der Waals surface area (Å²) in [7, 11) is 1.68. The van der Waals surface area contributed by atoms with Crippen LogP contribution in [0.25, 0.3) is 0 Å². The molecule has 0 saturated carbocycles. The second kappa shape index (κ2) is 8.94. The van der Waals surface area contributed by atoms with Crippen molar-refractivity contribution in [2.75, 3.05) is 69.3 Å². The quantitative estimate of drug-likeness (QED) is 0.802. The first-order valence-corrected chi connectivity index (χ1v) is 9.39. The Kier molecular flexibility index (Phi) is 6.39. The molecule has 2 heterocycles. The predicted molar refractivity (Wildman–Crippen MR) is 102 cm³/mol. The summed E-state index contributed by atoms with van der Waals surface area (Å²) in [5.41, 5.74) is 2.58. The van der Waals surface area contributed by atoms with Gasteiger partial charge in [0.15, 0.2) is 0 Å². The van der Waals surface area contributed by atoms with Crippen molar-refractivity contribution in [2.24, 2.45) is 0 Å². The lowest BCUT2D eigenvalue weighted by atomic mass is 10.2. The van der Waals surface area contributed by atoms with Crippen molar-refractivity contribution >= 4 is 17.4 Å². The molecule has 0 radical (unpaired) electrons. The van der Waals surface area contributed by atoms with Crippen molar-refractivity contribution in [1.29, 1.82) is 0 Å². The molecule has 0 unspecified atom stereocenters. The van der Waals surface area contributed by atoms with Crippen LogP contribution in [0.15, 0.2) is 24.3 Å². The maximum absolute atomic E-state index is 12.1. The first-order valence-electron chi connectivity index (χ1n) is 9.39. The van der Waals surface area contributed by atoms with Crippen molar-refractivity contribution in [2.45, 2.75) is 19.3 Å². The number of amides is 2. The van der Waals surface area contributed by atoms with Gasteiger partial charge in [-0.25, -0.2) is 4.79 Å². The standard InChI is InChI=1S/C19H30N4O2/c1-25-16-4-9-20-19(24)23-14-12-22(13-15-23)18-7-5-17(6-8-18)21-10-2-3-11-21/h5-8H,2-4,9-16H2,1H3,(H,20,24). The van der Waals surface area contributed by atoms with E-state index in [4.69, 9.17) is 4.74 Å². The second-order valence-corrected chi connectivity index (χ2v) is 6.76. The number of rotatable bonds is 6. The number of carbonyl (C=O) groups is 1. The number of piperazine rings is 1. The molecule has 0 atom stereocenters. The van der Waals surface area contributed by atoms with Crippen LogP contribution in [-0.2, 0) is 4.74 Å². The Hall–Kier alpha value is -1.95. The molecule has 2 saturated heterocycles. The lowest BCUT2D eigenvalue weighted by molar-refractivity contribution is 0.183. The van der Waals surface area contributed by atoms with E-state index < -0.39 is 0 Å². The van der Waals surface area contributed by atoms with Crippen LogP contribution < -0.4 is 15.1 Å². The van der Waals surface area contributed by atoms with Gasteiger partial charge in [-0.2, -0.15) is 0 Å². The van der Waals surface area contributed by atoms with Crippen LogP contribution >= 0.6 is 0 Å². The number of ether oxygens (including phenoxy) is 1. The van der Waals surface area contributed by atoms with Crippen LogP contribution in [0.3, 0.4) is 0 Å². The van der Waals surface area contributed by atoms with E-state index >= 15 is 0 Å². The van der Waals surface area contributed by atoms with Gasteiger partial charge in [0.25, 0.3) is 0 Å². The molecule has 2 amide bonds. The molecule has 2 aliphatic heterocycles. The highest BCUT2D eigenvalue weighted by atomic mass is 16.5. The van der Waals surface area contributed by atoms with Gasteiger partial charge in [0.2, 0.25) is 0 Å². The molecule has 1 aromatic rings. The van der Waals surface area contributed by atoms with Gasteiger partial charge in [-0.3, -0.25) is 0 Å². The van der Waals surface area contributed by atoms with Gasteiger partial charge in [0.05, 0.1) is 0 Å². The number of nitrogens with one attached hydrogen (secondary N) is 1. The summed E-state index contributed by atoms with van der Waals surface area (Å²) >= 11 is 0. The van der Waals surface area contributed by atoms with Gasteiger partial charge in [-0.1, -0.05) is 0 Å². The molecule has 1 N–H and O–H groups in total. The molecule has 2 fully saturated rings. The van der Waals surface area contributed by atoms with Crippen molar-refractivity contribution < 1.29 is 9.53 Å². The first kappa shape index (κ1) is 17.9. The number of hydrogen-bond donors (Lipinski definition) is 1. The van der Waals surface area contributed by atoms with E-state index in [1.807, 2.05) is 4.90 Å². The molecule has 0 spiro atoms. The maximum atomic E-state index is 12.1. The minimum Gasteiger partial charge on any atom is -0.385 e. The van der Waals surface area contributed by atoms with Crippen LogP contribution in [0.5, 0.6) is 0 Å². The molecule has 6 nitrogen and oxygen atoms in total. The summed E-state index contributed by atoms with van der Waals surface area (Å²) in [4.78, 5) is 18.9. The van der Waals surface area contributed by atoms with Gasteiger partial charge >= 0.3 is 6.03 Å². The zero-order valence-corrected chi connectivity index (χ0v) is 15.2. The molecule has 3 rings (SSSR count). The number of carbonyl (C=O) groups excluding carboxylic acids is 1. The molecule has 0 aromatic heterocycles. The molecular formula is C19H30N4O2. The van der Waals surface area contributed by atoms with E-state index in [0.29, 0.717) is 13.2 Å². The van der Waals surface area contributed by atoms with E-state index in [0.717, 1.165) is 32.6 Å². The molecule has 138 valence electrons. The maximum Gasteiger partial charge on any atom is 0.317 e. The Morgan fingerprint density at radius 3 is 2.08 bits per heavy atom. The summed E-state index contributed by atoms with van der Waals surface area (Å²) < 4.78 is 5.00. The van der Waals surface area contributed by atoms with Crippen molar-refractivity contribution in [3.8, 4) is 0 Å². The fraction of sp³-hybridized carbons (Fsp3) is 0.632. The first-order chi connectivity index (χ1) is 12.3. The van der Waals surface area contributed by atoms with Crippen LogP contribution in [0, 0.1) is 0 Å². The zero-order valence-electron chi connectivity index (χ0n) is 15.2. The number of urea groups is 1. The van der Waals surface area contributed by atoms with E-state index in [1.54, 1.807) is 7.11 Å². The van der Waals surface area contributed by atoms with Crippen LogP contribution in [0.4, 0.5) is 16.2 Å². The molecule has 2 aliphatic rings. The largest absolute Gasteiger partial charge is 0.385 e. The summed E-state index contributed by atoms with van der Waals surface area (Å²) in [6, 6.07) is 8.94. The minimum absolute atomic E-state index is 0.0418. The third-order valence-electron chi connectivity index (χ3n) is 5.05. The molecular weight excluding hydrogens is 316 g/mol. The van der Waals surface area contributed by atoms with Crippen LogP contribution in [-0.4, -0.2) is 70.5 Å². The number of hydrogen-bond acceptors (Lipinski definition) is 4. The summed E-state index contributed by atoms with van der Waals surface area (Å²) in [6.07, 6.45) is 3.46. The van der Waals surface area contributed by atoms with Gasteiger partial charge in [0.1, 0.15) is 0 Å². The highest BCUT2D eigenvalue weighted by Crippen LogP contribution is 2.24. The summed E-state index contributed by atoms with van der Waals surface area (Å²) in [5, 5.41) is 2.96. The Balaban J connectivity index is 1.44. The Morgan fingerprint density at radius 2 is 1.52 bits per heavy atom. The molecule has 0 aliphatic carbocycles. The lowest BCUT2D eigenvalue weighted by Gasteiger charge is -2.36. The van der Waals surface area contributed by atoms with E-state index in [2.05, 4.69) is 39.4 Å². The smallest absolute Gasteiger partial charge is 0.317 e. The Morgan fingerprint density at radius 1 is 0.960 bits per heavy atom. The van der Waals surface area contributed by atoms with Crippen LogP contribution in [0.2, 0.25) is 0 Å². The number of anilines is 2. The van der Waals surface area contributed by atoms with Gasteiger partial charge in [-0.15, -0.1) is 0 Å². The van der Waals surface area contributed by atoms with E-state index in [9.17, 15) is 4.79 Å². The molecule has 0 bridgehead atoms. The van der Waals surface area contributed by atoms with Gasteiger partial charge in [0, 0.05) is 70.9 Å². The molecule has 25 heavy (non-hydrogen) atoms. The SMILES string of the molecule is COCCCNC(=O)N1CCN(c2ccc(N3CCCC3)cc2)CC1. The third-order valence-corrected chi connectivity index (χ3v) is 5.05. The van der Waals surface area contributed by atoms with Crippen LogP contribution in [0.1, 0.15) is 19.3 Å². The fourth-order valence-electron chi connectivity index (χ4n) is 3.54. The van der Waals surface area contributed by atoms with Gasteiger partial charge in [-0.05, 0) is 43.5 Å². The zero-order chi connectivity index (χ0) is 17.5. The number of nitrogens with zero attached hydrogens (tertiary/aromatic N) is 3. The monoisotopic (exact) mass is 346 g/mol. The van der Waals surface area contributed by atoms with Crippen molar-refractivity contribution in [3.05, 3.63) is 24.3 Å². The predicted octanol–water partition coefficient (Wildman–Crippen LogP) is 2.15. The second-order valence-electron chi connectivity index (χ2n) is 6.76. The molecule has 6 heteroatoms. The lowest BCUT2D eigenvalue weighted by Crippen LogP contribution is -2.52. The normalized spacial score (nSPS) is 17.9. The summed E-state index contributed by atoms with van der Waals surface area (Å²) in [6.45, 7) is 7.01. The number of methoxy groups -OCH3 is 1. The average Bonchev–Trinajstić information content (AvgIpc) is 3.20. The average molecular weight is 346 g/mol. The highest BCUT2D eigenvalue weighted by Gasteiger charge is 2.21. The minimum atomic E-state index is 0.0418. The Bertz CT molecular complexity index is 535. The van der Waals surface area contributed by atoms with E-state index in [1.165, 1.54) is 37.3 Å². The van der Waals surface area contributed by atoms with E-state index in [-0.39, 0.29) is 6.03 Å². The van der Waals surface area contributed by atoms with Crippen molar-refractivity contribution in [3.63, 3.8) is 0 Å². The summed E-state index contributed by atoms with van der Waals surface area (Å²) in [5.74, 6) is 0. The number of benzene rings is 1.